The molecule has 0 radical (unpaired) electrons. The third-order valence-corrected chi connectivity index (χ3v) is 4.50. The Morgan fingerprint density at radius 1 is 1.11 bits per heavy atom. The first-order chi connectivity index (χ1) is 13.2. The second kappa shape index (κ2) is 7.67. The van der Waals surface area contributed by atoms with Crippen molar-refractivity contribution in [2.45, 2.75) is 25.4 Å². The van der Waals surface area contributed by atoms with E-state index in [2.05, 4.69) is 25.3 Å². The summed E-state index contributed by atoms with van der Waals surface area (Å²) >= 11 is 5.99. The van der Waals surface area contributed by atoms with Gasteiger partial charge in [0.15, 0.2) is 5.82 Å². The number of halogens is 1. The molecule has 1 N–H and O–H groups in total. The minimum atomic E-state index is -0.361. The number of benzene rings is 1. The van der Waals surface area contributed by atoms with Crippen LogP contribution in [0, 0.1) is 0 Å². The highest BCUT2D eigenvalue weighted by Gasteiger charge is 2.22. The summed E-state index contributed by atoms with van der Waals surface area (Å²) in [4.78, 5) is 28.9. The monoisotopic (exact) mass is 381 g/mol. The summed E-state index contributed by atoms with van der Waals surface area (Å²) in [5.74, 6) is 0.400. The number of hydrogen-bond acceptors (Lipinski definition) is 6. The number of rotatable bonds is 5. The van der Waals surface area contributed by atoms with Crippen molar-refractivity contribution in [3.63, 3.8) is 0 Å². The van der Waals surface area contributed by atoms with E-state index in [0.29, 0.717) is 28.0 Å². The molecule has 2 heterocycles. The van der Waals surface area contributed by atoms with Gasteiger partial charge in [0.2, 0.25) is 5.88 Å². The first-order valence-electron chi connectivity index (χ1n) is 8.55. The highest BCUT2D eigenvalue weighted by molar-refractivity contribution is 6.30. The fourth-order valence-corrected chi connectivity index (χ4v) is 2.70. The molecule has 7 nitrogen and oxygen atoms in total. The second-order valence-corrected chi connectivity index (χ2v) is 6.60. The van der Waals surface area contributed by atoms with Crippen LogP contribution in [0.3, 0.4) is 0 Å². The normalized spacial score (nSPS) is 13.7. The van der Waals surface area contributed by atoms with Gasteiger partial charge < -0.3 is 10.1 Å². The van der Waals surface area contributed by atoms with Crippen LogP contribution in [0.5, 0.6) is 5.88 Å². The Morgan fingerprint density at radius 3 is 2.52 bits per heavy atom. The number of anilines is 1. The van der Waals surface area contributed by atoms with E-state index >= 15 is 0 Å². The zero-order chi connectivity index (χ0) is 18.6. The summed E-state index contributed by atoms with van der Waals surface area (Å²) in [6, 6.07) is 7.24. The summed E-state index contributed by atoms with van der Waals surface area (Å²) in [7, 11) is 0. The summed E-state index contributed by atoms with van der Waals surface area (Å²) < 4.78 is 5.97. The van der Waals surface area contributed by atoms with Gasteiger partial charge in [-0.1, -0.05) is 23.7 Å². The van der Waals surface area contributed by atoms with E-state index in [1.807, 2.05) is 12.1 Å². The number of hydrogen-bond donors (Lipinski definition) is 1. The van der Waals surface area contributed by atoms with Gasteiger partial charge in [0.05, 0.1) is 11.8 Å². The molecule has 2 aromatic heterocycles. The maximum atomic E-state index is 12.3. The Morgan fingerprint density at radius 2 is 1.85 bits per heavy atom. The van der Waals surface area contributed by atoms with Gasteiger partial charge in [0.25, 0.3) is 5.91 Å². The number of amides is 1. The zero-order valence-corrected chi connectivity index (χ0v) is 15.1. The molecule has 0 aliphatic heterocycles. The first kappa shape index (κ1) is 17.4. The molecule has 0 saturated heterocycles. The molecule has 136 valence electrons. The molecular weight excluding hydrogens is 366 g/mol. The Hall–Kier alpha value is -3.06. The van der Waals surface area contributed by atoms with Crippen molar-refractivity contribution in [1.82, 2.24) is 19.9 Å². The van der Waals surface area contributed by atoms with Crippen molar-refractivity contribution >= 4 is 23.3 Å². The van der Waals surface area contributed by atoms with Crippen LogP contribution < -0.4 is 10.1 Å². The Kier molecular flexibility index (Phi) is 4.93. The lowest BCUT2D eigenvalue weighted by Gasteiger charge is -2.26. The molecule has 1 aliphatic rings. The average molecular weight is 382 g/mol. The van der Waals surface area contributed by atoms with Gasteiger partial charge >= 0.3 is 0 Å². The van der Waals surface area contributed by atoms with Crippen LogP contribution in [-0.4, -0.2) is 31.9 Å². The first-order valence-corrected chi connectivity index (χ1v) is 8.93. The fraction of sp³-hybridized carbons (Fsp3) is 0.211. The molecule has 0 unspecified atom stereocenters. The molecule has 1 fully saturated rings. The predicted octanol–water partition coefficient (Wildman–Crippen LogP) is 3.77. The van der Waals surface area contributed by atoms with Crippen LogP contribution >= 0.6 is 11.6 Å². The largest absolute Gasteiger partial charge is 0.473 e. The van der Waals surface area contributed by atoms with Gasteiger partial charge in [-0.05, 0) is 31.4 Å². The van der Waals surface area contributed by atoms with Crippen molar-refractivity contribution in [2.24, 2.45) is 0 Å². The highest BCUT2D eigenvalue weighted by atomic mass is 35.5. The van der Waals surface area contributed by atoms with Crippen molar-refractivity contribution in [1.29, 1.82) is 0 Å². The minimum Gasteiger partial charge on any atom is -0.473 e. The molecule has 1 saturated carbocycles. The lowest BCUT2D eigenvalue weighted by Crippen LogP contribution is -2.25. The highest BCUT2D eigenvalue weighted by Crippen LogP contribution is 2.32. The number of nitrogens with zero attached hydrogens (tertiary/aromatic N) is 4. The third-order valence-electron chi connectivity index (χ3n) is 4.25. The van der Waals surface area contributed by atoms with E-state index in [4.69, 9.17) is 16.3 Å². The Labute approximate surface area is 160 Å². The minimum absolute atomic E-state index is 0.159. The van der Waals surface area contributed by atoms with Gasteiger partial charge in [-0.15, -0.1) is 0 Å². The molecule has 1 aliphatic carbocycles. The van der Waals surface area contributed by atoms with Crippen LogP contribution in [0.1, 0.15) is 29.6 Å². The number of carbonyl (C=O) groups is 1. The quantitative estimate of drug-likeness (QED) is 0.723. The van der Waals surface area contributed by atoms with Gasteiger partial charge in [0, 0.05) is 23.0 Å². The van der Waals surface area contributed by atoms with Crippen molar-refractivity contribution < 1.29 is 9.53 Å². The molecule has 3 aromatic rings. The van der Waals surface area contributed by atoms with Crippen molar-refractivity contribution in [2.75, 3.05) is 5.32 Å². The molecule has 27 heavy (non-hydrogen) atoms. The van der Waals surface area contributed by atoms with E-state index < -0.39 is 0 Å². The second-order valence-electron chi connectivity index (χ2n) is 6.17. The molecule has 4 rings (SSSR count). The zero-order valence-electron chi connectivity index (χ0n) is 14.3. The Balaban J connectivity index is 1.64. The van der Waals surface area contributed by atoms with Crippen molar-refractivity contribution in [3.05, 3.63) is 59.8 Å². The van der Waals surface area contributed by atoms with E-state index in [1.54, 1.807) is 12.1 Å². The smallest absolute Gasteiger partial charge is 0.259 e. The summed E-state index contributed by atoms with van der Waals surface area (Å²) in [5, 5.41) is 3.34. The van der Waals surface area contributed by atoms with E-state index in [0.717, 1.165) is 24.8 Å². The number of carbonyl (C=O) groups excluding carboxylic acids is 1. The van der Waals surface area contributed by atoms with E-state index in [1.165, 1.54) is 24.9 Å². The van der Waals surface area contributed by atoms with E-state index in [-0.39, 0.29) is 12.0 Å². The molecular formula is C19H16ClN5O2. The summed E-state index contributed by atoms with van der Waals surface area (Å²) in [6.07, 6.45) is 9.04. The molecule has 0 atom stereocenters. The van der Waals surface area contributed by atoms with Crippen LogP contribution in [-0.2, 0) is 0 Å². The number of nitrogens with one attached hydrogen (secondary N) is 1. The van der Waals surface area contributed by atoms with Gasteiger partial charge in [0.1, 0.15) is 18.1 Å². The molecule has 1 aromatic carbocycles. The van der Waals surface area contributed by atoms with Crippen LogP contribution in [0.15, 0.2) is 49.2 Å². The fourth-order valence-electron chi connectivity index (χ4n) is 2.57. The van der Waals surface area contributed by atoms with Crippen LogP contribution in [0.25, 0.3) is 11.3 Å². The van der Waals surface area contributed by atoms with Crippen LogP contribution in [0.4, 0.5) is 5.82 Å². The van der Waals surface area contributed by atoms with Gasteiger partial charge in [-0.25, -0.2) is 19.9 Å². The maximum Gasteiger partial charge on any atom is 0.259 e. The molecule has 0 spiro atoms. The average Bonchev–Trinajstić information content (AvgIpc) is 2.67. The molecule has 8 heteroatoms. The standard InChI is InChI=1S/C19H16ClN5O2/c20-14-6-4-12(5-7-14)17-19(27-15-2-1-3-15)23-10-16(24-17)25-18(26)13-8-21-11-22-9-13/h4-11,15H,1-3H2,(H,24,25,26). The van der Waals surface area contributed by atoms with Crippen LogP contribution in [0.2, 0.25) is 5.02 Å². The Bertz CT molecular complexity index is 946. The molecule has 0 bridgehead atoms. The SMILES string of the molecule is O=C(Nc1cnc(OC2CCC2)c(-c2ccc(Cl)cc2)n1)c1cncnc1. The molecule has 1 amide bonds. The van der Waals surface area contributed by atoms with Gasteiger partial charge in [-0.2, -0.15) is 0 Å². The maximum absolute atomic E-state index is 12.3. The summed E-state index contributed by atoms with van der Waals surface area (Å²) in [6.45, 7) is 0. The number of ether oxygens (including phenoxy) is 1. The van der Waals surface area contributed by atoms with Crippen molar-refractivity contribution in [3.8, 4) is 17.1 Å². The lowest BCUT2D eigenvalue weighted by molar-refractivity contribution is 0.102. The third kappa shape index (κ3) is 4.03. The van der Waals surface area contributed by atoms with E-state index in [9.17, 15) is 4.79 Å². The summed E-state index contributed by atoms with van der Waals surface area (Å²) in [5.41, 5.74) is 1.70. The predicted molar refractivity (Wildman–Crippen MR) is 101 cm³/mol. The lowest BCUT2D eigenvalue weighted by atomic mass is 9.96. The number of aromatic nitrogens is 4. The van der Waals surface area contributed by atoms with Gasteiger partial charge in [-0.3, -0.25) is 4.79 Å². The topological polar surface area (TPSA) is 89.9 Å².